The number of nitrogens with one attached hydrogen (secondary N) is 1. The zero-order valence-corrected chi connectivity index (χ0v) is 25.7. The Morgan fingerprint density at radius 1 is 0.868 bits per heavy atom. The highest BCUT2D eigenvalue weighted by Crippen LogP contribution is 2.74. The Bertz CT molecular complexity index is 902. The van der Waals surface area contributed by atoms with Gasteiger partial charge in [0.15, 0.2) is 0 Å². The van der Waals surface area contributed by atoms with E-state index in [2.05, 4.69) is 33.0 Å². The largest absolute Gasteiger partial charge is 0.388 e. The lowest BCUT2D eigenvalue weighted by Gasteiger charge is -2.56. The SMILES string of the molecule is CCCC1C2CCCCC2C2(C3CCCC4=C3NCCC2C2CCCCC42)C1CC(C)C1(C)CCCC1C. The van der Waals surface area contributed by atoms with E-state index >= 15 is 0 Å². The maximum absolute atomic E-state index is 4.26. The maximum atomic E-state index is 4.26. The molecule has 0 aromatic heterocycles. The van der Waals surface area contributed by atoms with Gasteiger partial charge < -0.3 is 5.32 Å². The molecule has 12 atom stereocenters. The Morgan fingerprint density at radius 2 is 1.63 bits per heavy atom. The van der Waals surface area contributed by atoms with Crippen LogP contribution in [0.5, 0.6) is 0 Å². The van der Waals surface area contributed by atoms with Crippen LogP contribution in [0.3, 0.4) is 0 Å². The van der Waals surface area contributed by atoms with Gasteiger partial charge in [-0.25, -0.2) is 0 Å². The molecule has 38 heavy (non-hydrogen) atoms. The van der Waals surface area contributed by atoms with Crippen LogP contribution < -0.4 is 5.32 Å². The third kappa shape index (κ3) is 3.67. The average Bonchev–Trinajstić information content (AvgIpc) is 3.32. The summed E-state index contributed by atoms with van der Waals surface area (Å²) in [6, 6.07) is 0. The topological polar surface area (TPSA) is 12.0 Å². The van der Waals surface area contributed by atoms with E-state index in [1.165, 1.54) is 96.4 Å². The number of allylic oxidation sites excluding steroid dienone is 2. The molecule has 0 radical (unpaired) electrons. The van der Waals surface area contributed by atoms with Gasteiger partial charge in [0.05, 0.1) is 0 Å². The van der Waals surface area contributed by atoms with Gasteiger partial charge in [-0.1, -0.05) is 79.1 Å². The molecule has 1 heteroatoms. The first-order chi connectivity index (χ1) is 18.5. The van der Waals surface area contributed by atoms with Gasteiger partial charge in [-0.3, -0.25) is 0 Å². The summed E-state index contributed by atoms with van der Waals surface area (Å²) in [7, 11) is 0. The normalized spacial score (nSPS) is 50.8. The van der Waals surface area contributed by atoms with Gasteiger partial charge in [0.25, 0.3) is 0 Å². The first-order valence-electron chi connectivity index (χ1n) is 18.0. The predicted octanol–water partition coefficient (Wildman–Crippen LogP) is 10.2. The summed E-state index contributed by atoms with van der Waals surface area (Å²) in [6.07, 6.45) is 27.2. The highest BCUT2D eigenvalue weighted by atomic mass is 14.9. The monoisotopic (exact) mass is 519 g/mol. The second kappa shape index (κ2) is 10.1. The zero-order valence-electron chi connectivity index (χ0n) is 25.7. The average molecular weight is 520 g/mol. The van der Waals surface area contributed by atoms with E-state index < -0.39 is 0 Å². The fourth-order valence-electron chi connectivity index (χ4n) is 13.8. The molecule has 0 aromatic rings. The molecule has 0 aromatic carbocycles. The molecule has 1 heterocycles. The molecule has 1 aliphatic heterocycles. The van der Waals surface area contributed by atoms with Crippen molar-refractivity contribution >= 4 is 0 Å². The molecule has 1 spiro atoms. The fraction of sp³-hybridized carbons (Fsp3) is 0.946. The molecular formula is C37H61N. The molecule has 7 aliphatic rings. The molecule has 7 rings (SSSR count). The van der Waals surface area contributed by atoms with Crippen molar-refractivity contribution < 1.29 is 0 Å². The van der Waals surface area contributed by atoms with Crippen LogP contribution >= 0.6 is 0 Å². The molecular weight excluding hydrogens is 458 g/mol. The summed E-state index contributed by atoms with van der Waals surface area (Å²) >= 11 is 0. The van der Waals surface area contributed by atoms with E-state index in [1.807, 2.05) is 11.3 Å². The van der Waals surface area contributed by atoms with Crippen molar-refractivity contribution in [3.05, 3.63) is 11.3 Å². The van der Waals surface area contributed by atoms with Crippen molar-refractivity contribution in [2.24, 2.45) is 70.0 Å². The van der Waals surface area contributed by atoms with Crippen molar-refractivity contribution in [3.63, 3.8) is 0 Å². The first kappa shape index (κ1) is 26.4. The third-order valence-electron chi connectivity index (χ3n) is 15.4. The lowest BCUT2D eigenvalue weighted by Crippen LogP contribution is -2.51. The van der Waals surface area contributed by atoms with E-state index in [0.29, 0.717) is 10.8 Å². The minimum atomic E-state index is 0.578. The Balaban J connectivity index is 1.40. The van der Waals surface area contributed by atoms with Crippen LogP contribution in [0.15, 0.2) is 11.3 Å². The highest BCUT2D eigenvalue weighted by molar-refractivity contribution is 5.33. The quantitative estimate of drug-likeness (QED) is 0.381. The second-order valence-electron chi connectivity index (χ2n) is 16.3. The highest BCUT2D eigenvalue weighted by Gasteiger charge is 2.69. The van der Waals surface area contributed by atoms with E-state index in [1.54, 1.807) is 25.7 Å². The Morgan fingerprint density at radius 3 is 2.42 bits per heavy atom. The van der Waals surface area contributed by atoms with Gasteiger partial charge in [-0.15, -0.1) is 0 Å². The Kier molecular flexibility index (Phi) is 7.04. The minimum absolute atomic E-state index is 0.578. The van der Waals surface area contributed by atoms with E-state index in [9.17, 15) is 0 Å². The van der Waals surface area contributed by atoms with Gasteiger partial charge in [0.1, 0.15) is 0 Å². The van der Waals surface area contributed by atoms with Crippen LogP contribution in [0.2, 0.25) is 0 Å². The van der Waals surface area contributed by atoms with E-state index in [0.717, 1.165) is 59.2 Å². The summed E-state index contributed by atoms with van der Waals surface area (Å²) in [6.45, 7) is 11.9. The minimum Gasteiger partial charge on any atom is -0.388 e. The molecule has 1 N–H and O–H groups in total. The fourth-order valence-corrected chi connectivity index (χ4v) is 13.8. The molecule has 1 nitrogen and oxygen atoms in total. The summed E-state index contributed by atoms with van der Waals surface area (Å²) in [5.41, 5.74) is 5.06. The second-order valence-corrected chi connectivity index (χ2v) is 16.3. The van der Waals surface area contributed by atoms with Crippen molar-refractivity contribution in [3.8, 4) is 0 Å². The molecule has 4 saturated carbocycles. The van der Waals surface area contributed by atoms with Crippen molar-refractivity contribution in [2.45, 2.75) is 143 Å². The molecule has 1 saturated heterocycles. The summed E-state index contributed by atoms with van der Waals surface area (Å²) in [5, 5.41) is 4.26. The molecule has 5 fully saturated rings. The molecule has 214 valence electrons. The standard InChI is InChI=1S/C37H61N/c1-5-12-27-29-16-8-9-18-31(29)37(34(27)23-25(3)36(4)21-11-13-24(36)2)32-20-22-38-35-30(17-10-19-33(35)37)26-14-6-7-15-28(26)32/h24-29,31-34,38H,5-23H2,1-4H3. The van der Waals surface area contributed by atoms with Crippen LogP contribution in [-0.4, -0.2) is 6.54 Å². The molecule has 6 aliphatic carbocycles. The van der Waals surface area contributed by atoms with E-state index in [4.69, 9.17) is 0 Å². The summed E-state index contributed by atoms with van der Waals surface area (Å²) in [5.74, 6) is 9.71. The first-order valence-corrected chi connectivity index (χ1v) is 18.0. The number of hydrogen-bond acceptors (Lipinski definition) is 1. The lowest BCUT2D eigenvalue weighted by atomic mass is 9.48. The lowest BCUT2D eigenvalue weighted by molar-refractivity contribution is -0.0731. The van der Waals surface area contributed by atoms with Gasteiger partial charge in [0.2, 0.25) is 0 Å². The number of hydrogen-bond donors (Lipinski definition) is 1. The summed E-state index contributed by atoms with van der Waals surface area (Å²) < 4.78 is 0. The third-order valence-corrected chi connectivity index (χ3v) is 15.4. The Hall–Kier alpha value is -0.460. The number of fused-ring (bicyclic) bond motifs is 4. The predicted molar refractivity (Wildman–Crippen MR) is 161 cm³/mol. The van der Waals surface area contributed by atoms with Crippen molar-refractivity contribution in [1.82, 2.24) is 5.32 Å². The van der Waals surface area contributed by atoms with Crippen LogP contribution in [0.25, 0.3) is 0 Å². The molecule has 0 amide bonds. The Labute approximate surface area is 236 Å². The van der Waals surface area contributed by atoms with Crippen molar-refractivity contribution in [1.29, 1.82) is 0 Å². The van der Waals surface area contributed by atoms with Crippen LogP contribution in [-0.2, 0) is 0 Å². The molecule has 12 unspecified atom stereocenters. The van der Waals surface area contributed by atoms with Gasteiger partial charge in [-0.2, -0.15) is 0 Å². The zero-order chi connectivity index (χ0) is 26.1. The van der Waals surface area contributed by atoms with Gasteiger partial charge >= 0.3 is 0 Å². The van der Waals surface area contributed by atoms with Gasteiger partial charge in [-0.05, 0) is 134 Å². The summed E-state index contributed by atoms with van der Waals surface area (Å²) in [4.78, 5) is 0. The van der Waals surface area contributed by atoms with E-state index in [-0.39, 0.29) is 0 Å². The molecule has 4 bridgehead atoms. The smallest absolute Gasteiger partial charge is 0.0147 e. The maximum Gasteiger partial charge on any atom is 0.0147 e. The van der Waals surface area contributed by atoms with Crippen LogP contribution in [0, 0.1) is 70.0 Å². The van der Waals surface area contributed by atoms with Crippen molar-refractivity contribution in [2.75, 3.05) is 6.54 Å². The van der Waals surface area contributed by atoms with Gasteiger partial charge in [0, 0.05) is 18.2 Å². The van der Waals surface area contributed by atoms with Crippen LogP contribution in [0.4, 0.5) is 0 Å². The number of rotatable bonds is 5. The van der Waals surface area contributed by atoms with Crippen LogP contribution in [0.1, 0.15) is 143 Å².